The minimum Gasteiger partial charge on any atom is -0.445 e. The molecule has 1 unspecified atom stereocenters. The van der Waals surface area contributed by atoms with Gasteiger partial charge in [-0.2, -0.15) is 10.4 Å². The van der Waals surface area contributed by atoms with Crippen molar-refractivity contribution in [2.24, 2.45) is 0 Å². The molecule has 22 heavy (non-hydrogen) atoms. The fourth-order valence-electron chi connectivity index (χ4n) is 1.84. The molecule has 0 radical (unpaired) electrons. The second kappa shape index (κ2) is 7.09. The Morgan fingerprint density at radius 1 is 1.50 bits per heavy atom. The monoisotopic (exact) mass is 362 g/mol. The van der Waals surface area contributed by atoms with Gasteiger partial charge in [-0.05, 0) is 28.4 Å². The lowest BCUT2D eigenvalue weighted by Gasteiger charge is -2.22. The average Bonchev–Trinajstić information content (AvgIpc) is 2.91. The van der Waals surface area contributed by atoms with Gasteiger partial charge in [-0.15, -0.1) is 0 Å². The van der Waals surface area contributed by atoms with Crippen LogP contribution in [0.1, 0.15) is 12.5 Å². The highest BCUT2D eigenvalue weighted by Gasteiger charge is 2.28. The van der Waals surface area contributed by atoms with Crippen LogP contribution < -0.4 is 5.32 Å². The zero-order valence-electron chi connectivity index (χ0n) is 12.0. The number of hydrogen-bond donors (Lipinski definition) is 1. The molecular weight excluding hydrogens is 348 g/mol. The summed E-state index contributed by atoms with van der Waals surface area (Å²) in [5, 5.41) is 16.0. The minimum absolute atomic E-state index is 0.154. The summed E-state index contributed by atoms with van der Waals surface area (Å²) < 4.78 is 7.51. The van der Waals surface area contributed by atoms with E-state index in [1.54, 1.807) is 24.0 Å². The molecule has 1 amide bonds. The first kappa shape index (κ1) is 16.0. The number of hydrogen-bond acceptors (Lipinski definition) is 4. The molecule has 0 aliphatic carbocycles. The number of carbonyl (C=O) groups is 1. The standard InChI is InChI=1S/C15H15BrN4O2/c1-15(10-17,11-20-8-13(16)7-18-20)19-14(21)22-9-12-5-3-2-4-6-12/h2-8H,9,11H2,1H3,(H,19,21). The van der Waals surface area contributed by atoms with Gasteiger partial charge in [0.05, 0.1) is 23.3 Å². The quantitative estimate of drug-likeness (QED) is 0.886. The predicted octanol–water partition coefficient (Wildman–Crippen LogP) is 2.85. The van der Waals surface area contributed by atoms with E-state index in [0.717, 1.165) is 10.0 Å². The number of halogens is 1. The number of aromatic nitrogens is 2. The normalized spacial score (nSPS) is 13.0. The van der Waals surface area contributed by atoms with Crippen molar-refractivity contribution in [1.82, 2.24) is 15.1 Å². The molecular formula is C15H15BrN4O2. The number of ether oxygens (including phenoxy) is 1. The summed E-state index contributed by atoms with van der Waals surface area (Å²) >= 11 is 3.28. The van der Waals surface area contributed by atoms with Crippen molar-refractivity contribution in [3.05, 3.63) is 52.8 Å². The molecule has 1 aromatic carbocycles. The maximum absolute atomic E-state index is 11.9. The molecule has 1 heterocycles. The molecule has 1 aromatic heterocycles. The Morgan fingerprint density at radius 3 is 2.82 bits per heavy atom. The van der Waals surface area contributed by atoms with E-state index in [1.807, 2.05) is 30.3 Å². The number of amides is 1. The van der Waals surface area contributed by atoms with Crippen molar-refractivity contribution < 1.29 is 9.53 Å². The maximum Gasteiger partial charge on any atom is 0.408 e. The molecule has 0 fully saturated rings. The van der Waals surface area contributed by atoms with Crippen LogP contribution in [0.4, 0.5) is 4.79 Å². The number of benzene rings is 1. The number of carbonyl (C=O) groups excluding carboxylic acids is 1. The largest absolute Gasteiger partial charge is 0.445 e. The molecule has 0 aliphatic heterocycles. The van der Waals surface area contributed by atoms with Gasteiger partial charge in [0, 0.05) is 6.20 Å². The number of nitrogens with one attached hydrogen (secondary N) is 1. The molecule has 6 nitrogen and oxygen atoms in total. The zero-order chi connectivity index (χ0) is 16.0. The van der Waals surface area contributed by atoms with Crippen LogP contribution in [-0.4, -0.2) is 21.4 Å². The average molecular weight is 363 g/mol. The van der Waals surface area contributed by atoms with Gasteiger partial charge in [0.25, 0.3) is 0 Å². The van der Waals surface area contributed by atoms with Crippen molar-refractivity contribution in [3.63, 3.8) is 0 Å². The fourth-order valence-corrected chi connectivity index (χ4v) is 2.16. The Kier molecular flexibility index (Phi) is 5.17. The van der Waals surface area contributed by atoms with Gasteiger partial charge in [0.2, 0.25) is 0 Å². The number of alkyl carbamates (subject to hydrolysis) is 1. The highest BCUT2D eigenvalue weighted by atomic mass is 79.9. The summed E-state index contributed by atoms with van der Waals surface area (Å²) in [6.45, 7) is 1.99. The molecule has 114 valence electrons. The van der Waals surface area contributed by atoms with E-state index in [4.69, 9.17) is 4.74 Å². The van der Waals surface area contributed by atoms with Gasteiger partial charge < -0.3 is 10.1 Å². The van der Waals surface area contributed by atoms with Gasteiger partial charge in [0.1, 0.15) is 12.1 Å². The highest BCUT2D eigenvalue weighted by Crippen LogP contribution is 2.11. The van der Waals surface area contributed by atoms with Crippen molar-refractivity contribution in [2.45, 2.75) is 25.6 Å². The Balaban J connectivity index is 1.91. The molecule has 0 aliphatic rings. The van der Waals surface area contributed by atoms with E-state index in [9.17, 15) is 10.1 Å². The third kappa shape index (κ3) is 4.60. The van der Waals surface area contributed by atoms with Gasteiger partial charge in [-0.1, -0.05) is 30.3 Å². The van der Waals surface area contributed by atoms with Crippen molar-refractivity contribution >= 4 is 22.0 Å². The molecule has 2 rings (SSSR count). The second-order valence-electron chi connectivity index (χ2n) is 4.99. The minimum atomic E-state index is -1.11. The zero-order valence-corrected chi connectivity index (χ0v) is 13.6. The van der Waals surface area contributed by atoms with Crippen LogP contribution in [0, 0.1) is 11.3 Å². The number of nitriles is 1. The molecule has 0 bridgehead atoms. The summed E-state index contributed by atoms with van der Waals surface area (Å²) in [6, 6.07) is 11.4. The van der Waals surface area contributed by atoms with Crippen molar-refractivity contribution in [3.8, 4) is 6.07 Å². The first-order chi connectivity index (χ1) is 10.5. The number of nitrogens with zero attached hydrogens (tertiary/aromatic N) is 3. The lowest BCUT2D eigenvalue weighted by Crippen LogP contribution is -2.48. The van der Waals surface area contributed by atoms with E-state index in [-0.39, 0.29) is 13.2 Å². The Morgan fingerprint density at radius 2 is 2.23 bits per heavy atom. The third-order valence-electron chi connectivity index (χ3n) is 2.92. The topological polar surface area (TPSA) is 79.9 Å². The van der Waals surface area contributed by atoms with Crippen LogP contribution in [0.3, 0.4) is 0 Å². The highest BCUT2D eigenvalue weighted by molar-refractivity contribution is 9.10. The first-order valence-corrected chi connectivity index (χ1v) is 7.38. The number of rotatable bonds is 5. The molecule has 0 spiro atoms. The maximum atomic E-state index is 11.9. The summed E-state index contributed by atoms with van der Waals surface area (Å²) in [7, 11) is 0. The summed E-state index contributed by atoms with van der Waals surface area (Å²) in [5.41, 5.74) is -0.230. The summed E-state index contributed by atoms with van der Waals surface area (Å²) in [6.07, 6.45) is 2.71. The Bertz CT molecular complexity index is 680. The third-order valence-corrected chi connectivity index (χ3v) is 3.33. The smallest absolute Gasteiger partial charge is 0.408 e. The van der Waals surface area contributed by atoms with Crippen LogP contribution in [0.25, 0.3) is 0 Å². The van der Waals surface area contributed by atoms with Crippen LogP contribution in [-0.2, 0) is 17.9 Å². The van der Waals surface area contributed by atoms with E-state index in [0.29, 0.717) is 0 Å². The lowest BCUT2D eigenvalue weighted by atomic mass is 10.1. The van der Waals surface area contributed by atoms with E-state index in [1.165, 1.54) is 0 Å². The van der Waals surface area contributed by atoms with Crippen LogP contribution in [0.15, 0.2) is 47.2 Å². The second-order valence-corrected chi connectivity index (χ2v) is 5.90. The van der Waals surface area contributed by atoms with Gasteiger partial charge >= 0.3 is 6.09 Å². The van der Waals surface area contributed by atoms with Crippen LogP contribution in [0.2, 0.25) is 0 Å². The first-order valence-electron chi connectivity index (χ1n) is 6.59. The molecule has 7 heteroatoms. The molecule has 0 saturated heterocycles. The molecule has 1 atom stereocenters. The van der Waals surface area contributed by atoms with E-state index < -0.39 is 11.6 Å². The van der Waals surface area contributed by atoms with Gasteiger partial charge in [-0.25, -0.2) is 4.79 Å². The fraction of sp³-hybridized carbons (Fsp3) is 0.267. The SMILES string of the molecule is CC(C#N)(Cn1cc(Br)cn1)NC(=O)OCc1ccccc1. The van der Waals surface area contributed by atoms with E-state index in [2.05, 4.69) is 32.4 Å². The summed E-state index contributed by atoms with van der Waals surface area (Å²) in [4.78, 5) is 11.9. The van der Waals surface area contributed by atoms with Crippen molar-refractivity contribution in [1.29, 1.82) is 5.26 Å². The van der Waals surface area contributed by atoms with Gasteiger partial charge in [0.15, 0.2) is 0 Å². The molecule has 1 N–H and O–H groups in total. The summed E-state index contributed by atoms with van der Waals surface area (Å²) in [5.74, 6) is 0. The van der Waals surface area contributed by atoms with Crippen LogP contribution >= 0.6 is 15.9 Å². The Hall–Kier alpha value is -2.33. The molecule has 0 saturated carbocycles. The van der Waals surface area contributed by atoms with Crippen molar-refractivity contribution in [2.75, 3.05) is 0 Å². The Labute approximate surface area is 136 Å². The van der Waals surface area contributed by atoms with Gasteiger partial charge in [-0.3, -0.25) is 4.68 Å². The van der Waals surface area contributed by atoms with Crippen LogP contribution in [0.5, 0.6) is 0 Å². The van der Waals surface area contributed by atoms with E-state index >= 15 is 0 Å². The molecule has 2 aromatic rings. The lowest BCUT2D eigenvalue weighted by molar-refractivity contribution is 0.130. The predicted molar refractivity (Wildman–Crippen MR) is 83.7 cm³/mol.